The van der Waals surface area contributed by atoms with Crippen molar-refractivity contribution in [2.75, 3.05) is 31.1 Å². The van der Waals surface area contributed by atoms with E-state index in [9.17, 15) is 14.0 Å². The van der Waals surface area contributed by atoms with Crippen LogP contribution >= 0.6 is 0 Å². The van der Waals surface area contributed by atoms with Crippen molar-refractivity contribution in [1.82, 2.24) is 10.6 Å². The van der Waals surface area contributed by atoms with Crippen LogP contribution in [-0.2, 0) is 4.74 Å². The van der Waals surface area contributed by atoms with E-state index in [0.29, 0.717) is 17.7 Å². The van der Waals surface area contributed by atoms with Gasteiger partial charge in [0, 0.05) is 43.5 Å². The molecule has 2 aliphatic rings. The van der Waals surface area contributed by atoms with Crippen LogP contribution in [-0.4, -0.2) is 50.2 Å². The molecule has 0 spiro atoms. The first-order chi connectivity index (χ1) is 15.1. The molecule has 1 unspecified atom stereocenters. The van der Waals surface area contributed by atoms with Crippen LogP contribution < -0.4 is 15.5 Å². The normalized spacial score (nSPS) is 19.3. The molecule has 2 aliphatic heterocycles. The molecule has 7 heteroatoms. The minimum atomic E-state index is -0.358. The molecule has 31 heavy (non-hydrogen) atoms. The van der Waals surface area contributed by atoms with Crippen molar-refractivity contribution in [3.8, 4) is 0 Å². The largest absolute Gasteiger partial charge is 0.376 e. The Morgan fingerprint density at radius 3 is 2.45 bits per heavy atom. The van der Waals surface area contributed by atoms with Crippen LogP contribution in [0.15, 0.2) is 48.5 Å². The molecule has 2 aromatic rings. The number of para-hydroxylation sites is 1. The number of anilines is 1. The summed E-state index contributed by atoms with van der Waals surface area (Å²) in [6.07, 6.45) is 3.69. The minimum absolute atomic E-state index is 0.0503. The van der Waals surface area contributed by atoms with Gasteiger partial charge in [0.2, 0.25) is 0 Å². The third kappa shape index (κ3) is 5.41. The van der Waals surface area contributed by atoms with Crippen LogP contribution in [0.4, 0.5) is 10.1 Å². The lowest BCUT2D eigenvalue weighted by molar-refractivity contribution is 0.0858. The Balaban J connectivity index is 1.32. The number of halogens is 1. The fourth-order valence-electron chi connectivity index (χ4n) is 4.18. The van der Waals surface area contributed by atoms with E-state index >= 15 is 0 Å². The van der Waals surface area contributed by atoms with Crippen molar-refractivity contribution in [2.24, 2.45) is 0 Å². The molecule has 0 bridgehead atoms. The summed E-state index contributed by atoms with van der Waals surface area (Å²) in [6.45, 7) is 2.78. The van der Waals surface area contributed by atoms with Gasteiger partial charge in [0.05, 0.1) is 11.7 Å². The number of rotatable bonds is 6. The summed E-state index contributed by atoms with van der Waals surface area (Å²) in [7, 11) is 0. The average Bonchev–Trinajstić information content (AvgIpc) is 3.32. The average molecular weight is 426 g/mol. The molecule has 2 fully saturated rings. The fraction of sp³-hybridized carbons (Fsp3) is 0.417. The lowest BCUT2D eigenvalue weighted by Crippen LogP contribution is -2.45. The first kappa shape index (κ1) is 21.3. The predicted octanol–water partition coefficient (Wildman–Crippen LogP) is 3.13. The van der Waals surface area contributed by atoms with Gasteiger partial charge in [-0.3, -0.25) is 9.59 Å². The maximum atomic E-state index is 13.1. The molecule has 4 rings (SSSR count). The maximum Gasteiger partial charge on any atom is 0.253 e. The van der Waals surface area contributed by atoms with E-state index in [1.165, 1.54) is 24.3 Å². The van der Waals surface area contributed by atoms with Gasteiger partial charge in [-0.2, -0.15) is 0 Å². The summed E-state index contributed by atoms with van der Waals surface area (Å²) in [6, 6.07) is 13.2. The first-order valence-electron chi connectivity index (χ1n) is 10.9. The standard InChI is InChI=1S/C24H28FN3O3/c25-18-9-7-17(8-10-18)23(29)27-19-11-13-28(14-12-19)22-6-2-1-5-21(22)24(30)26-16-20-4-3-15-31-20/h1-2,5-10,19-20H,3-4,11-16H2,(H,26,30)(H,27,29). The van der Waals surface area contributed by atoms with E-state index in [0.717, 1.165) is 51.1 Å². The van der Waals surface area contributed by atoms with E-state index in [1.54, 1.807) is 0 Å². The van der Waals surface area contributed by atoms with Gasteiger partial charge in [0.15, 0.2) is 0 Å². The molecular formula is C24H28FN3O3. The zero-order valence-electron chi connectivity index (χ0n) is 17.5. The number of carbonyl (C=O) groups excluding carboxylic acids is 2. The van der Waals surface area contributed by atoms with Crippen molar-refractivity contribution < 1.29 is 18.7 Å². The number of hydrogen-bond donors (Lipinski definition) is 2. The molecular weight excluding hydrogens is 397 g/mol. The Morgan fingerprint density at radius 2 is 1.74 bits per heavy atom. The molecule has 2 N–H and O–H groups in total. The fourth-order valence-corrected chi connectivity index (χ4v) is 4.18. The smallest absolute Gasteiger partial charge is 0.253 e. The lowest BCUT2D eigenvalue weighted by atomic mass is 10.0. The second-order valence-electron chi connectivity index (χ2n) is 8.10. The van der Waals surface area contributed by atoms with Crippen molar-refractivity contribution >= 4 is 17.5 Å². The van der Waals surface area contributed by atoms with E-state index in [1.807, 2.05) is 24.3 Å². The summed E-state index contributed by atoms with van der Waals surface area (Å²) in [4.78, 5) is 27.4. The number of ether oxygens (including phenoxy) is 1. The molecule has 0 aliphatic carbocycles. The molecule has 2 amide bonds. The highest BCUT2D eigenvalue weighted by Crippen LogP contribution is 2.24. The molecule has 0 radical (unpaired) electrons. The Hall–Kier alpha value is -2.93. The van der Waals surface area contributed by atoms with E-state index in [4.69, 9.17) is 4.74 Å². The van der Waals surface area contributed by atoms with Gasteiger partial charge in [-0.05, 0) is 62.1 Å². The second kappa shape index (κ2) is 9.92. The van der Waals surface area contributed by atoms with Gasteiger partial charge in [-0.25, -0.2) is 4.39 Å². The Labute approximate surface area is 181 Å². The summed E-state index contributed by atoms with van der Waals surface area (Å²) in [5.41, 5.74) is 2.03. The van der Waals surface area contributed by atoms with Crippen molar-refractivity contribution in [2.45, 2.75) is 37.8 Å². The number of hydrogen-bond acceptors (Lipinski definition) is 4. The number of nitrogens with one attached hydrogen (secondary N) is 2. The van der Waals surface area contributed by atoms with Crippen LogP contribution in [0.2, 0.25) is 0 Å². The monoisotopic (exact) mass is 425 g/mol. The molecule has 2 heterocycles. The van der Waals surface area contributed by atoms with Gasteiger partial charge < -0.3 is 20.3 Å². The lowest BCUT2D eigenvalue weighted by Gasteiger charge is -2.35. The van der Waals surface area contributed by atoms with Gasteiger partial charge in [-0.1, -0.05) is 12.1 Å². The molecule has 0 aromatic heterocycles. The maximum absolute atomic E-state index is 13.1. The van der Waals surface area contributed by atoms with Crippen molar-refractivity contribution in [3.05, 3.63) is 65.5 Å². The Bertz CT molecular complexity index is 905. The molecule has 6 nitrogen and oxygen atoms in total. The van der Waals surface area contributed by atoms with Crippen LogP contribution in [0.5, 0.6) is 0 Å². The van der Waals surface area contributed by atoms with Crippen molar-refractivity contribution in [1.29, 1.82) is 0 Å². The van der Waals surface area contributed by atoms with Crippen LogP contribution in [0.1, 0.15) is 46.4 Å². The predicted molar refractivity (Wildman–Crippen MR) is 117 cm³/mol. The summed E-state index contributed by atoms with van der Waals surface area (Å²) < 4.78 is 18.6. The summed E-state index contributed by atoms with van der Waals surface area (Å²) >= 11 is 0. The summed E-state index contributed by atoms with van der Waals surface area (Å²) in [5, 5.41) is 6.04. The quantitative estimate of drug-likeness (QED) is 0.746. The highest BCUT2D eigenvalue weighted by atomic mass is 19.1. The Morgan fingerprint density at radius 1 is 1.00 bits per heavy atom. The van der Waals surface area contributed by atoms with Crippen molar-refractivity contribution in [3.63, 3.8) is 0 Å². The van der Waals surface area contributed by atoms with Crippen LogP contribution in [0.25, 0.3) is 0 Å². The first-order valence-corrected chi connectivity index (χ1v) is 10.9. The van der Waals surface area contributed by atoms with Crippen LogP contribution in [0, 0.1) is 5.82 Å². The van der Waals surface area contributed by atoms with Gasteiger partial charge >= 0.3 is 0 Å². The summed E-state index contributed by atoms with van der Waals surface area (Å²) in [5.74, 6) is -0.631. The third-order valence-corrected chi connectivity index (χ3v) is 5.94. The zero-order valence-corrected chi connectivity index (χ0v) is 17.5. The zero-order chi connectivity index (χ0) is 21.6. The third-order valence-electron chi connectivity index (χ3n) is 5.94. The second-order valence-corrected chi connectivity index (χ2v) is 8.10. The topological polar surface area (TPSA) is 70.7 Å². The molecule has 0 saturated carbocycles. The molecule has 1 atom stereocenters. The molecule has 164 valence electrons. The van der Waals surface area contributed by atoms with Gasteiger partial charge in [0.25, 0.3) is 11.8 Å². The van der Waals surface area contributed by atoms with Gasteiger partial charge in [-0.15, -0.1) is 0 Å². The minimum Gasteiger partial charge on any atom is -0.376 e. The number of nitrogens with zero attached hydrogens (tertiary/aromatic N) is 1. The Kier molecular flexibility index (Phi) is 6.82. The van der Waals surface area contributed by atoms with E-state index in [2.05, 4.69) is 15.5 Å². The van der Waals surface area contributed by atoms with E-state index < -0.39 is 0 Å². The van der Waals surface area contributed by atoms with E-state index in [-0.39, 0.29) is 29.8 Å². The SMILES string of the molecule is O=C(NC1CCN(c2ccccc2C(=O)NCC2CCCO2)CC1)c1ccc(F)cc1. The highest BCUT2D eigenvalue weighted by molar-refractivity contribution is 6.00. The van der Waals surface area contributed by atoms with Gasteiger partial charge in [0.1, 0.15) is 5.82 Å². The number of carbonyl (C=O) groups is 2. The number of benzene rings is 2. The van der Waals surface area contributed by atoms with Crippen LogP contribution in [0.3, 0.4) is 0 Å². The molecule has 2 saturated heterocycles. The number of amides is 2. The number of piperidine rings is 1. The highest BCUT2D eigenvalue weighted by Gasteiger charge is 2.24. The molecule has 2 aromatic carbocycles.